The topological polar surface area (TPSA) is 52.4 Å². The Morgan fingerprint density at radius 2 is 2.18 bits per heavy atom. The molecular weight excluding hydrogens is 300 g/mol. The zero-order valence-corrected chi connectivity index (χ0v) is 10.3. The SMILES string of the molecule is O=[N+]([O-])c1ccc(CCCBr)cc1OC(F)F. The van der Waals surface area contributed by atoms with Crippen molar-refractivity contribution >= 4 is 21.6 Å². The Hall–Kier alpha value is -1.24. The van der Waals surface area contributed by atoms with Crippen LogP contribution >= 0.6 is 15.9 Å². The molecule has 17 heavy (non-hydrogen) atoms. The van der Waals surface area contributed by atoms with Crippen LogP contribution in [0.1, 0.15) is 12.0 Å². The second-order valence-corrected chi connectivity index (χ2v) is 4.02. The van der Waals surface area contributed by atoms with Gasteiger partial charge in [0.25, 0.3) is 0 Å². The number of hydrogen-bond acceptors (Lipinski definition) is 3. The number of halogens is 3. The Labute approximate surface area is 105 Å². The first-order chi connectivity index (χ1) is 8.04. The minimum atomic E-state index is -3.07. The van der Waals surface area contributed by atoms with Gasteiger partial charge in [-0.3, -0.25) is 10.1 Å². The monoisotopic (exact) mass is 309 g/mol. The largest absolute Gasteiger partial charge is 0.427 e. The van der Waals surface area contributed by atoms with Gasteiger partial charge in [-0.05, 0) is 24.5 Å². The lowest BCUT2D eigenvalue weighted by molar-refractivity contribution is -0.386. The van der Waals surface area contributed by atoms with Crippen molar-refractivity contribution in [3.05, 3.63) is 33.9 Å². The minimum Gasteiger partial charge on any atom is -0.427 e. The van der Waals surface area contributed by atoms with Crippen molar-refractivity contribution in [2.45, 2.75) is 19.5 Å². The smallest absolute Gasteiger partial charge is 0.387 e. The van der Waals surface area contributed by atoms with E-state index in [9.17, 15) is 18.9 Å². The van der Waals surface area contributed by atoms with Crippen molar-refractivity contribution in [3.8, 4) is 5.75 Å². The summed E-state index contributed by atoms with van der Waals surface area (Å²) in [6.45, 7) is -3.07. The highest BCUT2D eigenvalue weighted by Gasteiger charge is 2.18. The lowest BCUT2D eigenvalue weighted by atomic mass is 10.1. The quantitative estimate of drug-likeness (QED) is 0.459. The van der Waals surface area contributed by atoms with Crippen LogP contribution < -0.4 is 4.74 Å². The average Bonchev–Trinajstić information content (AvgIpc) is 2.25. The van der Waals surface area contributed by atoms with Crippen molar-refractivity contribution in [1.29, 1.82) is 0 Å². The maximum absolute atomic E-state index is 12.1. The number of hydrogen-bond donors (Lipinski definition) is 0. The molecule has 0 amide bonds. The third kappa shape index (κ3) is 4.26. The summed E-state index contributed by atoms with van der Waals surface area (Å²) in [6, 6.07) is 4.01. The van der Waals surface area contributed by atoms with E-state index in [4.69, 9.17) is 0 Å². The normalized spacial score (nSPS) is 10.6. The molecule has 0 spiro atoms. The summed E-state index contributed by atoms with van der Waals surface area (Å²) >= 11 is 3.24. The average molecular weight is 310 g/mol. The van der Waals surface area contributed by atoms with Crippen LogP contribution in [0.4, 0.5) is 14.5 Å². The molecule has 7 heteroatoms. The van der Waals surface area contributed by atoms with Crippen molar-refractivity contribution in [2.24, 2.45) is 0 Å². The van der Waals surface area contributed by atoms with E-state index in [0.29, 0.717) is 6.42 Å². The molecule has 0 bridgehead atoms. The van der Waals surface area contributed by atoms with Gasteiger partial charge in [0.1, 0.15) is 0 Å². The molecule has 0 aromatic heterocycles. The molecule has 0 saturated carbocycles. The number of rotatable bonds is 6. The van der Waals surface area contributed by atoms with Crippen LogP contribution in [0, 0.1) is 10.1 Å². The fourth-order valence-corrected chi connectivity index (χ4v) is 1.61. The molecule has 0 saturated heterocycles. The van der Waals surface area contributed by atoms with Crippen LogP contribution in [0.3, 0.4) is 0 Å². The molecule has 0 fully saturated rings. The minimum absolute atomic E-state index is 0.392. The predicted octanol–water partition coefficient (Wildman–Crippen LogP) is 3.52. The molecule has 0 aliphatic carbocycles. The number of nitro benzene ring substituents is 1. The number of aryl methyl sites for hydroxylation is 1. The van der Waals surface area contributed by atoms with E-state index < -0.39 is 23.0 Å². The highest BCUT2D eigenvalue weighted by atomic mass is 79.9. The first-order valence-electron chi connectivity index (χ1n) is 4.82. The van der Waals surface area contributed by atoms with Gasteiger partial charge >= 0.3 is 12.3 Å². The van der Waals surface area contributed by atoms with Gasteiger partial charge in [-0.1, -0.05) is 22.0 Å². The summed E-state index contributed by atoms with van der Waals surface area (Å²) in [5.41, 5.74) is 0.276. The Balaban J connectivity index is 2.97. The van der Waals surface area contributed by atoms with E-state index >= 15 is 0 Å². The molecule has 1 aromatic rings. The van der Waals surface area contributed by atoms with E-state index in [2.05, 4.69) is 20.7 Å². The molecule has 0 unspecified atom stereocenters. The highest BCUT2D eigenvalue weighted by molar-refractivity contribution is 9.09. The number of benzene rings is 1. The van der Waals surface area contributed by atoms with E-state index in [-0.39, 0.29) is 0 Å². The number of nitro groups is 1. The summed E-state index contributed by atoms with van der Waals surface area (Å²) in [4.78, 5) is 9.86. The van der Waals surface area contributed by atoms with Gasteiger partial charge in [0.2, 0.25) is 5.75 Å². The number of nitrogens with zero attached hydrogens (tertiary/aromatic N) is 1. The second kappa shape index (κ2) is 6.48. The van der Waals surface area contributed by atoms with Crippen molar-refractivity contribution in [2.75, 3.05) is 5.33 Å². The number of ether oxygens (including phenoxy) is 1. The van der Waals surface area contributed by atoms with Gasteiger partial charge in [0, 0.05) is 11.4 Å². The van der Waals surface area contributed by atoms with E-state index in [1.54, 1.807) is 6.07 Å². The third-order valence-electron chi connectivity index (χ3n) is 2.04. The lowest BCUT2D eigenvalue weighted by Gasteiger charge is -2.07. The summed E-state index contributed by atoms with van der Waals surface area (Å²) in [5, 5.41) is 11.4. The molecule has 0 aliphatic heterocycles. The maximum Gasteiger partial charge on any atom is 0.387 e. The van der Waals surface area contributed by atoms with Crippen LogP contribution in [0.25, 0.3) is 0 Å². The lowest BCUT2D eigenvalue weighted by Crippen LogP contribution is -2.05. The van der Waals surface area contributed by atoms with Gasteiger partial charge in [-0.25, -0.2) is 0 Å². The fraction of sp³-hybridized carbons (Fsp3) is 0.400. The Morgan fingerprint density at radius 1 is 1.47 bits per heavy atom. The van der Waals surface area contributed by atoms with Gasteiger partial charge < -0.3 is 4.74 Å². The van der Waals surface area contributed by atoms with E-state index in [1.807, 2.05) is 0 Å². The third-order valence-corrected chi connectivity index (χ3v) is 2.60. The Morgan fingerprint density at radius 3 is 2.71 bits per heavy atom. The molecule has 94 valence electrons. The van der Waals surface area contributed by atoms with Crippen LogP contribution in [-0.4, -0.2) is 16.9 Å². The van der Waals surface area contributed by atoms with Crippen molar-refractivity contribution in [1.82, 2.24) is 0 Å². The molecule has 1 aromatic carbocycles. The Bertz CT molecular complexity index is 401. The molecule has 1 rings (SSSR count). The molecule has 4 nitrogen and oxygen atoms in total. The first-order valence-corrected chi connectivity index (χ1v) is 5.95. The summed E-state index contributed by atoms with van der Waals surface area (Å²) in [7, 11) is 0. The van der Waals surface area contributed by atoms with Gasteiger partial charge in [-0.2, -0.15) is 8.78 Å². The fourth-order valence-electron chi connectivity index (χ4n) is 1.33. The molecule has 0 N–H and O–H groups in total. The number of alkyl halides is 3. The van der Waals surface area contributed by atoms with Crippen LogP contribution in [0.2, 0.25) is 0 Å². The highest BCUT2D eigenvalue weighted by Crippen LogP contribution is 2.29. The molecular formula is C10H10BrF2NO3. The van der Waals surface area contributed by atoms with Crippen molar-refractivity contribution < 1.29 is 18.4 Å². The second-order valence-electron chi connectivity index (χ2n) is 3.23. The molecule has 0 atom stereocenters. The molecule has 0 aliphatic rings. The maximum atomic E-state index is 12.1. The Kier molecular flexibility index (Phi) is 5.27. The van der Waals surface area contributed by atoms with Crippen LogP contribution in [-0.2, 0) is 6.42 Å². The zero-order chi connectivity index (χ0) is 12.8. The summed E-state index contributed by atoms with van der Waals surface area (Å²) < 4.78 is 28.3. The van der Waals surface area contributed by atoms with E-state index in [1.165, 1.54) is 12.1 Å². The van der Waals surface area contributed by atoms with Crippen molar-refractivity contribution in [3.63, 3.8) is 0 Å². The van der Waals surface area contributed by atoms with Gasteiger partial charge in [0.15, 0.2) is 0 Å². The van der Waals surface area contributed by atoms with Gasteiger partial charge in [-0.15, -0.1) is 0 Å². The molecule has 0 radical (unpaired) electrons. The zero-order valence-electron chi connectivity index (χ0n) is 8.74. The first kappa shape index (κ1) is 13.8. The predicted molar refractivity (Wildman–Crippen MR) is 61.8 cm³/mol. The van der Waals surface area contributed by atoms with Gasteiger partial charge in [0.05, 0.1) is 4.92 Å². The van der Waals surface area contributed by atoms with Crippen LogP contribution in [0.15, 0.2) is 18.2 Å². The molecule has 0 heterocycles. The standard InChI is InChI=1S/C10H10BrF2NO3/c11-5-1-2-7-3-4-8(14(15)16)9(6-7)17-10(12)13/h3-4,6,10H,1-2,5H2. The van der Waals surface area contributed by atoms with E-state index in [0.717, 1.165) is 17.3 Å². The summed E-state index contributed by atoms with van der Waals surface area (Å²) in [5.74, 6) is -0.392. The summed E-state index contributed by atoms with van der Waals surface area (Å²) in [6.07, 6.45) is 1.45. The van der Waals surface area contributed by atoms with Crippen LogP contribution in [0.5, 0.6) is 5.75 Å².